The van der Waals surface area contributed by atoms with Gasteiger partial charge in [-0.1, -0.05) is 36.4 Å². The first kappa shape index (κ1) is 18.3. The van der Waals surface area contributed by atoms with Crippen LogP contribution in [-0.4, -0.2) is 10.5 Å². The van der Waals surface area contributed by atoms with Crippen molar-refractivity contribution >= 4 is 5.91 Å². The highest BCUT2D eigenvalue weighted by atomic mass is 19.4. The smallest absolute Gasteiger partial charge is 0.347 e. The van der Waals surface area contributed by atoms with Gasteiger partial charge in [0.05, 0.1) is 11.1 Å². The third-order valence-corrected chi connectivity index (χ3v) is 3.97. The molecule has 0 fully saturated rings. The number of nitrogens with zero attached hydrogens (tertiary/aromatic N) is 2. The molecule has 7 heteroatoms. The molecule has 1 aromatic heterocycles. The van der Waals surface area contributed by atoms with Crippen LogP contribution in [0.3, 0.4) is 0 Å². The molecule has 27 heavy (non-hydrogen) atoms. The summed E-state index contributed by atoms with van der Waals surface area (Å²) < 4.78 is 40.2. The van der Waals surface area contributed by atoms with Gasteiger partial charge in [0.25, 0.3) is 5.91 Å². The molecule has 0 bridgehead atoms. The van der Waals surface area contributed by atoms with Crippen molar-refractivity contribution in [3.63, 3.8) is 0 Å². The van der Waals surface area contributed by atoms with Gasteiger partial charge >= 0.3 is 6.18 Å². The number of nitrogens with one attached hydrogen (secondary N) is 1. The maximum atomic E-state index is 13.0. The number of rotatable bonds is 4. The highest BCUT2D eigenvalue weighted by Crippen LogP contribution is 2.31. The van der Waals surface area contributed by atoms with Gasteiger partial charge in [-0.25, -0.2) is 0 Å². The van der Waals surface area contributed by atoms with Gasteiger partial charge in [-0.15, -0.1) is 0 Å². The second kappa shape index (κ2) is 7.38. The minimum Gasteiger partial charge on any atom is -0.347 e. The Morgan fingerprint density at radius 3 is 2.48 bits per heavy atom. The molecule has 0 spiro atoms. The number of aromatic nitrogens is 1. The Morgan fingerprint density at radius 2 is 1.81 bits per heavy atom. The lowest BCUT2D eigenvalue weighted by Gasteiger charge is -2.13. The van der Waals surface area contributed by atoms with Gasteiger partial charge in [0.1, 0.15) is 11.8 Å². The molecule has 0 aliphatic carbocycles. The Kier molecular flexibility index (Phi) is 4.99. The molecule has 0 unspecified atom stereocenters. The summed E-state index contributed by atoms with van der Waals surface area (Å²) in [4.78, 5) is 12.6. The highest BCUT2D eigenvalue weighted by Gasteiger charge is 2.31. The molecule has 1 heterocycles. The predicted molar refractivity (Wildman–Crippen MR) is 93.1 cm³/mol. The summed E-state index contributed by atoms with van der Waals surface area (Å²) in [5.41, 5.74) is 0.256. The lowest BCUT2D eigenvalue weighted by atomic mass is 10.1. The molecular weight excluding hydrogens is 355 g/mol. The first-order chi connectivity index (χ1) is 12.9. The third-order valence-electron chi connectivity index (χ3n) is 3.97. The fourth-order valence-corrected chi connectivity index (χ4v) is 2.66. The number of nitriles is 1. The molecule has 1 amide bonds. The van der Waals surface area contributed by atoms with E-state index in [-0.39, 0.29) is 23.5 Å². The molecular formula is C20H14F3N3O. The molecule has 4 nitrogen and oxygen atoms in total. The van der Waals surface area contributed by atoms with Crippen LogP contribution in [-0.2, 0) is 12.7 Å². The van der Waals surface area contributed by atoms with E-state index >= 15 is 0 Å². The largest absolute Gasteiger partial charge is 0.416 e. The quantitative estimate of drug-likeness (QED) is 0.746. The van der Waals surface area contributed by atoms with Crippen molar-refractivity contribution in [2.24, 2.45) is 0 Å². The maximum absolute atomic E-state index is 13.0. The van der Waals surface area contributed by atoms with E-state index in [0.717, 1.165) is 17.7 Å². The van der Waals surface area contributed by atoms with E-state index in [9.17, 15) is 23.2 Å². The zero-order chi connectivity index (χ0) is 19.4. The summed E-state index contributed by atoms with van der Waals surface area (Å²) in [5, 5.41) is 12.0. The summed E-state index contributed by atoms with van der Waals surface area (Å²) in [6.45, 7) is 0.234. The van der Waals surface area contributed by atoms with E-state index in [1.54, 1.807) is 0 Å². The van der Waals surface area contributed by atoms with Crippen LogP contribution in [0.15, 0.2) is 66.9 Å². The van der Waals surface area contributed by atoms with Crippen molar-refractivity contribution in [2.75, 3.05) is 0 Å². The minimum absolute atomic E-state index is 0.00671. The topological polar surface area (TPSA) is 57.8 Å². The van der Waals surface area contributed by atoms with Crippen LogP contribution in [0.1, 0.15) is 27.2 Å². The lowest BCUT2D eigenvalue weighted by molar-refractivity contribution is -0.137. The summed E-state index contributed by atoms with van der Waals surface area (Å²) in [5.74, 6) is -0.544. The van der Waals surface area contributed by atoms with Gasteiger partial charge < -0.3 is 9.88 Å². The average Bonchev–Trinajstić information content (AvgIpc) is 3.10. The van der Waals surface area contributed by atoms with E-state index in [2.05, 4.69) is 5.32 Å². The fraction of sp³-hybridized carbons (Fsp3) is 0.100. The number of carbonyl (C=O) groups is 1. The lowest BCUT2D eigenvalue weighted by Crippen LogP contribution is -2.26. The fourth-order valence-electron chi connectivity index (χ4n) is 2.66. The Balaban J connectivity index is 1.94. The zero-order valence-electron chi connectivity index (χ0n) is 14.0. The molecule has 1 N–H and O–H groups in total. The molecule has 3 aromatic rings. The standard InChI is InChI=1S/C20H14F3N3O/c21-20(22,23)16-7-4-8-17(11-16)26-10-9-15(12-24)18(26)19(27)25-13-14-5-2-1-3-6-14/h1-11H,13H2,(H,25,27). The van der Waals surface area contributed by atoms with E-state index < -0.39 is 17.6 Å². The molecule has 0 radical (unpaired) electrons. The first-order valence-electron chi connectivity index (χ1n) is 8.01. The van der Waals surface area contributed by atoms with Crippen molar-refractivity contribution < 1.29 is 18.0 Å². The summed E-state index contributed by atoms with van der Waals surface area (Å²) >= 11 is 0. The third kappa shape index (κ3) is 4.01. The zero-order valence-corrected chi connectivity index (χ0v) is 14.0. The first-order valence-corrected chi connectivity index (χ1v) is 8.01. The van der Waals surface area contributed by atoms with Crippen LogP contribution in [0.25, 0.3) is 5.69 Å². The molecule has 0 aliphatic rings. The summed E-state index contributed by atoms with van der Waals surface area (Å²) in [6, 6.07) is 17.1. The average molecular weight is 369 g/mol. The van der Waals surface area contributed by atoms with Crippen LogP contribution in [0.4, 0.5) is 13.2 Å². The van der Waals surface area contributed by atoms with Gasteiger partial charge in [-0.05, 0) is 29.8 Å². The van der Waals surface area contributed by atoms with Crippen LogP contribution < -0.4 is 5.32 Å². The molecule has 0 saturated heterocycles. The van der Waals surface area contributed by atoms with Gasteiger partial charge in [0.15, 0.2) is 0 Å². The molecule has 136 valence electrons. The van der Waals surface area contributed by atoms with Gasteiger partial charge in [0.2, 0.25) is 0 Å². The van der Waals surface area contributed by atoms with Gasteiger partial charge in [-0.2, -0.15) is 18.4 Å². The predicted octanol–water partition coefficient (Wildman–Crippen LogP) is 4.30. The molecule has 0 atom stereocenters. The summed E-state index contributed by atoms with van der Waals surface area (Å²) in [6.07, 6.45) is -3.09. The molecule has 3 rings (SSSR count). The minimum atomic E-state index is -4.50. The van der Waals surface area contributed by atoms with Gasteiger partial charge in [0, 0.05) is 18.4 Å². The Labute approximate surface area is 153 Å². The van der Waals surface area contributed by atoms with E-state index in [1.807, 2.05) is 36.4 Å². The molecule has 0 aliphatic heterocycles. The van der Waals surface area contributed by atoms with Crippen molar-refractivity contribution in [2.45, 2.75) is 12.7 Å². The molecule has 0 saturated carbocycles. The number of halogens is 3. The number of benzene rings is 2. The highest BCUT2D eigenvalue weighted by molar-refractivity contribution is 5.95. The summed E-state index contributed by atoms with van der Waals surface area (Å²) in [7, 11) is 0. The van der Waals surface area contributed by atoms with Crippen molar-refractivity contribution in [1.29, 1.82) is 5.26 Å². The normalized spacial score (nSPS) is 11.0. The monoisotopic (exact) mass is 369 g/mol. The van der Waals surface area contributed by atoms with Crippen molar-refractivity contribution in [3.05, 3.63) is 89.2 Å². The van der Waals surface area contributed by atoms with Crippen LogP contribution in [0.2, 0.25) is 0 Å². The van der Waals surface area contributed by atoms with E-state index in [0.29, 0.717) is 0 Å². The van der Waals surface area contributed by atoms with Crippen LogP contribution in [0, 0.1) is 11.3 Å². The number of amides is 1. The SMILES string of the molecule is N#Cc1ccn(-c2cccc(C(F)(F)F)c2)c1C(=O)NCc1ccccc1. The molecule has 2 aromatic carbocycles. The van der Waals surface area contributed by atoms with Crippen LogP contribution in [0.5, 0.6) is 0 Å². The maximum Gasteiger partial charge on any atom is 0.416 e. The van der Waals surface area contributed by atoms with Crippen LogP contribution >= 0.6 is 0 Å². The number of carbonyl (C=O) groups excluding carboxylic acids is 1. The second-order valence-electron chi connectivity index (χ2n) is 5.78. The van der Waals surface area contributed by atoms with Gasteiger partial charge in [-0.3, -0.25) is 4.79 Å². The van der Waals surface area contributed by atoms with Crippen molar-refractivity contribution in [3.8, 4) is 11.8 Å². The van der Waals surface area contributed by atoms with E-state index in [4.69, 9.17) is 0 Å². The number of hydrogen-bond acceptors (Lipinski definition) is 2. The number of hydrogen-bond donors (Lipinski definition) is 1. The Morgan fingerprint density at radius 1 is 1.07 bits per heavy atom. The Bertz CT molecular complexity index is 1000. The van der Waals surface area contributed by atoms with E-state index in [1.165, 1.54) is 29.0 Å². The Hall–Kier alpha value is -3.53. The van der Waals surface area contributed by atoms with Crippen molar-refractivity contribution in [1.82, 2.24) is 9.88 Å². The second-order valence-corrected chi connectivity index (χ2v) is 5.78. The number of alkyl halides is 3.